The highest BCUT2D eigenvalue weighted by Crippen LogP contribution is 2.28. The average Bonchev–Trinajstić information content (AvgIpc) is 2.36. The van der Waals surface area contributed by atoms with Crippen molar-refractivity contribution in [2.75, 3.05) is 13.7 Å². The van der Waals surface area contributed by atoms with Crippen molar-refractivity contribution in [3.05, 3.63) is 23.8 Å². The summed E-state index contributed by atoms with van der Waals surface area (Å²) in [4.78, 5) is 0. The summed E-state index contributed by atoms with van der Waals surface area (Å²) in [5, 5.41) is 0. The quantitative estimate of drug-likeness (QED) is 0.818. The standard InChI is InChI=1S/C13H19F2NO2/c1-3-10(16)6-9-4-5-11(12(7-9)17-2)18-8-13(14)15/h4-5,7,10,13H,3,6,8,16H2,1-2H3. The molecule has 0 fully saturated rings. The summed E-state index contributed by atoms with van der Waals surface area (Å²) < 4.78 is 34.2. The minimum atomic E-state index is -2.50. The first kappa shape index (κ1) is 14.7. The van der Waals surface area contributed by atoms with Crippen LogP contribution >= 0.6 is 0 Å². The molecule has 18 heavy (non-hydrogen) atoms. The molecular weight excluding hydrogens is 240 g/mol. The van der Waals surface area contributed by atoms with E-state index in [0.29, 0.717) is 11.5 Å². The van der Waals surface area contributed by atoms with Crippen LogP contribution in [0.5, 0.6) is 11.5 Å². The predicted octanol–water partition coefficient (Wildman–Crippen LogP) is 2.62. The Morgan fingerprint density at radius 2 is 2.00 bits per heavy atom. The second-order valence-corrected chi connectivity index (χ2v) is 4.06. The van der Waals surface area contributed by atoms with Crippen molar-refractivity contribution < 1.29 is 18.3 Å². The molecule has 0 bridgehead atoms. The van der Waals surface area contributed by atoms with E-state index < -0.39 is 13.0 Å². The van der Waals surface area contributed by atoms with Crippen LogP contribution in [0.15, 0.2) is 18.2 Å². The van der Waals surface area contributed by atoms with Crippen LogP contribution in [0.25, 0.3) is 0 Å². The van der Waals surface area contributed by atoms with Crippen molar-refractivity contribution in [3.8, 4) is 11.5 Å². The van der Waals surface area contributed by atoms with Crippen molar-refractivity contribution in [3.63, 3.8) is 0 Å². The number of alkyl halides is 2. The average molecular weight is 259 g/mol. The summed E-state index contributed by atoms with van der Waals surface area (Å²) in [7, 11) is 1.48. The normalized spacial score (nSPS) is 12.6. The molecule has 0 saturated heterocycles. The fourth-order valence-corrected chi connectivity index (χ4v) is 1.56. The molecule has 0 saturated carbocycles. The molecule has 0 spiro atoms. The second-order valence-electron chi connectivity index (χ2n) is 4.06. The summed E-state index contributed by atoms with van der Waals surface area (Å²) in [6, 6.07) is 5.32. The summed E-state index contributed by atoms with van der Waals surface area (Å²) in [6.45, 7) is 1.38. The minimum Gasteiger partial charge on any atom is -0.493 e. The van der Waals surface area contributed by atoms with Gasteiger partial charge < -0.3 is 15.2 Å². The Morgan fingerprint density at radius 3 is 2.56 bits per heavy atom. The largest absolute Gasteiger partial charge is 0.493 e. The number of ether oxygens (including phenoxy) is 2. The van der Waals surface area contributed by atoms with Crippen LogP contribution in [0.2, 0.25) is 0 Å². The molecule has 1 rings (SSSR count). The highest BCUT2D eigenvalue weighted by molar-refractivity contribution is 5.43. The molecule has 0 heterocycles. The molecule has 0 radical (unpaired) electrons. The van der Waals surface area contributed by atoms with Gasteiger partial charge in [-0.25, -0.2) is 8.78 Å². The van der Waals surface area contributed by atoms with E-state index in [2.05, 4.69) is 0 Å². The summed E-state index contributed by atoms with van der Waals surface area (Å²) >= 11 is 0. The molecule has 3 nitrogen and oxygen atoms in total. The summed E-state index contributed by atoms with van der Waals surface area (Å²) in [5.74, 6) is 0.781. The summed E-state index contributed by atoms with van der Waals surface area (Å²) in [6.07, 6.45) is -0.892. The first-order chi connectivity index (χ1) is 8.56. The van der Waals surface area contributed by atoms with E-state index in [-0.39, 0.29) is 6.04 Å². The van der Waals surface area contributed by atoms with Crippen LogP contribution in [0.4, 0.5) is 8.78 Å². The molecule has 0 aliphatic heterocycles. The lowest BCUT2D eigenvalue weighted by atomic mass is 10.0. The third kappa shape index (κ3) is 4.49. The third-order valence-corrected chi connectivity index (χ3v) is 2.62. The predicted molar refractivity (Wildman–Crippen MR) is 66.5 cm³/mol. The Hall–Kier alpha value is -1.36. The van der Waals surface area contributed by atoms with Crippen LogP contribution in [0.1, 0.15) is 18.9 Å². The maximum atomic E-state index is 12.1. The number of methoxy groups -OCH3 is 1. The van der Waals surface area contributed by atoms with E-state index in [1.807, 2.05) is 13.0 Å². The fraction of sp³-hybridized carbons (Fsp3) is 0.538. The molecule has 1 aromatic carbocycles. The van der Waals surface area contributed by atoms with Gasteiger partial charge in [0.25, 0.3) is 6.43 Å². The zero-order chi connectivity index (χ0) is 13.5. The zero-order valence-electron chi connectivity index (χ0n) is 10.7. The van der Waals surface area contributed by atoms with Crippen molar-refractivity contribution in [1.82, 2.24) is 0 Å². The van der Waals surface area contributed by atoms with Crippen LogP contribution in [0, 0.1) is 0 Å². The van der Waals surface area contributed by atoms with Crippen LogP contribution in [-0.4, -0.2) is 26.2 Å². The maximum absolute atomic E-state index is 12.1. The number of nitrogens with two attached hydrogens (primary N) is 1. The van der Waals surface area contributed by atoms with Crippen LogP contribution < -0.4 is 15.2 Å². The highest BCUT2D eigenvalue weighted by Gasteiger charge is 2.10. The van der Waals surface area contributed by atoms with Crippen molar-refractivity contribution >= 4 is 0 Å². The smallest absolute Gasteiger partial charge is 0.272 e. The van der Waals surface area contributed by atoms with E-state index in [1.54, 1.807) is 12.1 Å². The highest BCUT2D eigenvalue weighted by atomic mass is 19.3. The molecule has 0 aliphatic carbocycles. The summed E-state index contributed by atoms with van der Waals surface area (Å²) in [5.41, 5.74) is 6.87. The van der Waals surface area contributed by atoms with Gasteiger partial charge in [-0.2, -0.15) is 0 Å². The Bertz CT molecular complexity index is 372. The fourth-order valence-electron chi connectivity index (χ4n) is 1.56. The Balaban J connectivity index is 2.76. The molecular formula is C13H19F2NO2. The third-order valence-electron chi connectivity index (χ3n) is 2.62. The van der Waals surface area contributed by atoms with Gasteiger partial charge in [-0.1, -0.05) is 13.0 Å². The molecule has 1 atom stereocenters. The second kappa shape index (κ2) is 7.16. The number of benzene rings is 1. The molecule has 1 unspecified atom stereocenters. The molecule has 2 N–H and O–H groups in total. The van der Waals surface area contributed by atoms with Gasteiger partial charge in [-0.05, 0) is 30.5 Å². The number of rotatable bonds is 7. The lowest BCUT2D eigenvalue weighted by molar-refractivity contribution is 0.0804. The molecule has 0 aliphatic rings. The van der Waals surface area contributed by atoms with Gasteiger partial charge in [-0.15, -0.1) is 0 Å². The van der Waals surface area contributed by atoms with Gasteiger partial charge in [0.1, 0.15) is 6.61 Å². The number of hydrogen-bond acceptors (Lipinski definition) is 3. The molecule has 0 aromatic heterocycles. The minimum absolute atomic E-state index is 0.0857. The Morgan fingerprint density at radius 1 is 1.28 bits per heavy atom. The first-order valence-corrected chi connectivity index (χ1v) is 5.90. The van der Waals surface area contributed by atoms with Crippen molar-refractivity contribution in [1.29, 1.82) is 0 Å². The lowest BCUT2D eigenvalue weighted by Gasteiger charge is -2.13. The van der Waals surface area contributed by atoms with Crippen molar-refractivity contribution in [2.45, 2.75) is 32.2 Å². The monoisotopic (exact) mass is 259 g/mol. The first-order valence-electron chi connectivity index (χ1n) is 5.90. The van der Waals surface area contributed by atoms with E-state index in [1.165, 1.54) is 7.11 Å². The number of hydrogen-bond donors (Lipinski definition) is 1. The van der Waals surface area contributed by atoms with Gasteiger partial charge in [-0.3, -0.25) is 0 Å². The van der Waals surface area contributed by atoms with Crippen LogP contribution in [0.3, 0.4) is 0 Å². The molecule has 102 valence electrons. The molecule has 5 heteroatoms. The van der Waals surface area contributed by atoms with E-state index >= 15 is 0 Å². The van der Waals surface area contributed by atoms with Gasteiger partial charge in [0, 0.05) is 6.04 Å². The van der Waals surface area contributed by atoms with E-state index in [0.717, 1.165) is 18.4 Å². The van der Waals surface area contributed by atoms with E-state index in [4.69, 9.17) is 15.2 Å². The van der Waals surface area contributed by atoms with E-state index in [9.17, 15) is 8.78 Å². The molecule has 1 aromatic rings. The zero-order valence-corrected chi connectivity index (χ0v) is 10.7. The maximum Gasteiger partial charge on any atom is 0.272 e. The van der Waals surface area contributed by atoms with Gasteiger partial charge in [0.05, 0.1) is 7.11 Å². The number of halogens is 2. The van der Waals surface area contributed by atoms with Crippen molar-refractivity contribution in [2.24, 2.45) is 5.73 Å². The Kier molecular flexibility index (Phi) is 5.85. The van der Waals surface area contributed by atoms with Crippen LogP contribution in [-0.2, 0) is 6.42 Å². The van der Waals surface area contributed by atoms with Gasteiger partial charge >= 0.3 is 0 Å². The SMILES string of the molecule is CCC(N)Cc1ccc(OCC(F)F)c(OC)c1. The van der Waals surface area contributed by atoms with Gasteiger partial charge in [0.15, 0.2) is 11.5 Å². The molecule has 0 amide bonds. The Labute approximate surface area is 106 Å². The van der Waals surface area contributed by atoms with Gasteiger partial charge in [0.2, 0.25) is 0 Å². The lowest BCUT2D eigenvalue weighted by Crippen LogP contribution is -2.21. The topological polar surface area (TPSA) is 44.5 Å².